The number of rotatable bonds is 3. The van der Waals surface area contributed by atoms with Crippen LogP contribution in [-0.2, 0) is 14.1 Å². The van der Waals surface area contributed by atoms with E-state index in [2.05, 4.69) is 10.2 Å². The second-order valence-corrected chi connectivity index (χ2v) is 7.23. The van der Waals surface area contributed by atoms with Crippen LogP contribution in [0.1, 0.15) is 11.4 Å². The molecule has 10 nitrogen and oxygen atoms in total. The van der Waals surface area contributed by atoms with Gasteiger partial charge in [-0.3, -0.25) is 19.5 Å². The molecule has 2 aromatic heterocycles. The fourth-order valence-electron chi connectivity index (χ4n) is 3.54. The first-order valence-corrected chi connectivity index (χ1v) is 9.72. The molecule has 4 N–H and O–H groups in total. The van der Waals surface area contributed by atoms with Gasteiger partial charge in [-0.05, 0) is 25.5 Å². The number of aromatic nitrogens is 4. The molecule has 0 aliphatic heterocycles. The third kappa shape index (κ3) is 6.24. The second-order valence-electron chi connectivity index (χ2n) is 7.23. The Morgan fingerprint density at radius 3 is 1.85 bits per heavy atom. The number of anilines is 1. The normalized spacial score (nSPS) is 9.88. The van der Waals surface area contributed by atoms with E-state index in [1.807, 2.05) is 38.2 Å². The number of hydrogen-bond donors (Lipinski definition) is 1. The van der Waals surface area contributed by atoms with Gasteiger partial charge in [0, 0.05) is 107 Å². The maximum absolute atomic E-state index is 11.0. The van der Waals surface area contributed by atoms with E-state index in [0.29, 0.717) is 28.3 Å². The summed E-state index contributed by atoms with van der Waals surface area (Å²) >= 11 is 0. The predicted molar refractivity (Wildman–Crippen MR) is 126 cm³/mol. The molecule has 0 saturated heterocycles. The number of aryl methyl sites for hydroxylation is 4. The van der Waals surface area contributed by atoms with Crippen LogP contribution in [0.15, 0.2) is 48.5 Å². The molecule has 4 aromatic rings. The summed E-state index contributed by atoms with van der Waals surface area (Å²) in [5, 5.41) is 19.3. The molecule has 34 heavy (non-hydrogen) atoms. The third-order valence-electron chi connectivity index (χ3n) is 4.99. The van der Waals surface area contributed by atoms with E-state index in [1.54, 1.807) is 42.9 Å². The Morgan fingerprint density at radius 1 is 0.853 bits per heavy atom. The molecule has 4 rings (SSSR count). The summed E-state index contributed by atoms with van der Waals surface area (Å²) in [6.07, 6.45) is 0. The fourth-order valence-corrected chi connectivity index (χ4v) is 3.54. The van der Waals surface area contributed by atoms with Crippen LogP contribution in [0, 0.1) is 99.4 Å². The van der Waals surface area contributed by atoms with Crippen LogP contribution >= 0.6 is 0 Å². The second kappa shape index (κ2) is 12.8. The Labute approximate surface area is 257 Å². The van der Waals surface area contributed by atoms with Crippen molar-refractivity contribution in [1.82, 2.24) is 19.6 Å². The van der Waals surface area contributed by atoms with Gasteiger partial charge in [0.05, 0.1) is 10.6 Å². The van der Waals surface area contributed by atoms with E-state index in [1.165, 1.54) is 4.68 Å². The van der Waals surface area contributed by atoms with Gasteiger partial charge >= 0.3 is 5.69 Å². The minimum Gasteiger partial charge on any atom is -0.698 e. The molecule has 0 aliphatic rings. The molecule has 0 spiro atoms. The van der Waals surface area contributed by atoms with Gasteiger partial charge in [0.25, 0.3) is 0 Å². The van der Waals surface area contributed by atoms with Crippen LogP contribution in [-0.4, -0.2) is 24.5 Å². The van der Waals surface area contributed by atoms with Crippen molar-refractivity contribution in [3.63, 3.8) is 0 Å². The Hall–Kier alpha value is -1.82. The number of nitrogens with two attached hydrogens (primary N) is 1. The smallest absolute Gasteiger partial charge is 0.317 e. The quantitative estimate of drug-likeness (QED) is 0.214. The molecule has 0 saturated carbocycles. The Balaban J connectivity index is 0.000000323. The first-order valence-electron chi connectivity index (χ1n) is 9.72. The zero-order chi connectivity index (χ0) is 23.6. The summed E-state index contributed by atoms with van der Waals surface area (Å²) in [6, 6.07) is 14.3. The first kappa shape index (κ1) is 30.2. The number of nitrogens with zero attached hydrogens (tertiary/aromatic N) is 5. The molecular weight excluding hydrogens is 488 g/mol. The number of para-hydroxylation sites is 1. The molecule has 0 radical (unpaired) electrons. The van der Waals surface area contributed by atoms with Crippen molar-refractivity contribution in [2.45, 2.75) is 13.8 Å². The summed E-state index contributed by atoms with van der Waals surface area (Å²) in [5.74, 6) is 0. The molecule has 0 aliphatic carbocycles. The average Bonchev–Trinajstić information content (AvgIpc) is 3.17. The molecule has 12 heteroatoms. The Morgan fingerprint density at radius 2 is 1.35 bits per heavy atom. The monoisotopic (exact) mass is 512 g/mol. The number of hydrogen-bond acceptors (Lipinski definition) is 5. The summed E-state index contributed by atoms with van der Waals surface area (Å²) in [5.41, 5.74) is 26.5. The topological polar surface area (TPSA) is 152 Å². The standard InChI is InChI=1S/C11H11N4O2.C11H13N4.2Ar/c1-7-10(15(16)17)11(14(2)13-7)8-5-3-4-6-9(8)12;1-7-10(13)11(15(2)14-7)8-5-3-4-6-9(8)12;;/h3-6,12H,1-2H3;3-6,13H,12H2,1-2H3;;/q2*-1;;. The van der Waals surface area contributed by atoms with Crippen molar-refractivity contribution in [1.29, 1.82) is 0 Å². The SMILES string of the molecule is Cc1nn(C)c(-c2ccccc2N)c1[NH-].Cc1nn(C)c(-c2ccccc2[NH-])c1[N+](=O)[O-].[Ar].[Ar]. The van der Waals surface area contributed by atoms with Gasteiger partial charge < -0.3 is 17.2 Å². The van der Waals surface area contributed by atoms with Crippen LogP contribution in [0.4, 0.5) is 22.7 Å². The average molecular weight is 512 g/mol. The van der Waals surface area contributed by atoms with Crippen LogP contribution in [0.2, 0.25) is 0 Å². The molecular formula is C22H24Ar2N8O2-2. The van der Waals surface area contributed by atoms with Crippen molar-refractivity contribution < 1.29 is 80.4 Å². The maximum Gasteiger partial charge on any atom is 0.317 e. The van der Waals surface area contributed by atoms with Gasteiger partial charge in [-0.1, -0.05) is 48.2 Å². The molecule has 182 valence electrons. The molecule has 0 fully saturated rings. The van der Waals surface area contributed by atoms with Gasteiger partial charge in [-0.25, -0.2) is 0 Å². The summed E-state index contributed by atoms with van der Waals surface area (Å²) in [4.78, 5) is 10.6. The van der Waals surface area contributed by atoms with Crippen LogP contribution < -0.4 is 5.73 Å². The van der Waals surface area contributed by atoms with E-state index in [4.69, 9.17) is 17.2 Å². The minimum atomic E-state index is -0.454. The minimum absolute atomic E-state index is 0. The largest absolute Gasteiger partial charge is 0.698 e. The number of nitrogen functional groups attached to an aromatic ring is 1. The van der Waals surface area contributed by atoms with Crippen molar-refractivity contribution in [2.75, 3.05) is 5.73 Å². The summed E-state index contributed by atoms with van der Waals surface area (Å²) in [7, 11) is 3.47. The van der Waals surface area contributed by atoms with Crippen LogP contribution in [0.3, 0.4) is 0 Å². The Kier molecular flexibility index (Phi) is 11.3. The van der Waals surface area contributed by atoms with Crippen molar-refractivity contribution in [3.05, 3.63) is 81.5 Å². The van der Waals surface area contributed by atoms with Crippen molar-refractivity contribution in [2.24, 2.45) is 14.1 Å². The first-order chi connectivity index (χ1) is 15.1. The number of nitro groups is 1. The molecule has 0 bridgehead atoms. The third-order valence-corrected chi connectivity index (χ3v) is 4.99. The van der Waals surface area contributed by atoms with Gasteiger partial charge in [0.15, 0.2) is 0 Å². The molecule has 0 atom stereocenters. The molecule has 0 unspecified atom stereocenters. The van der Waals surface area contributed by atoms with Crippen LogP contribution in [0.25, 0.3) is 34.0 Å². The van der Waals surface area contributed by atoms with Gasteiger partial charge in [-0.2, -0.15) is 10.2 Å². The summed E-state index contributed by atoms with van der Waals surface area (Å²) in [6.45, 7) is 3.42. The van der Waals surface area contributed by atoms with Crippen molar-refractivity contribution in [3.8, 4) is 22.5 Å². The van der Waals surface area contributed by atoms with Gasteiger partial charge in [0.2, 0.25) is 0 Å². The van der Waals surface area contributed by atoms with Crippen LogP contribution in [0.5, 0.6) is 0 Å². The fraction of sp³-hybridized carbons (Fsp3) is 0.182. The Bertz CT molecular complexity index is 1300. The van der Waals surface area contributed by atoms with E-state index in [0.717, 1.165) is 17.0 Å². The number of benzene rings is 2. The molecule has 0 amide bonds. The molecule has 2 heterocycles. The van der Waals surface area contributed by atoms with E-state index in [9.17, 15) is 10.1 Å². The van der Waals surface area contributed by atoms with E-state index < -0.39 is 4.92 Å². The van der Waals surface area contributed by atoms with Gasteiger partial charge in [-0.15, -0.1) is 5.69 Å². The summed E-state index contributed by atoms with van der Waals surface area (Å²) < 4.78 is 3.14. The molecule has 2 aromatic carbocycles. The van der Waals surface area contributed by atoms with Crippen molar-refractivity contribution >= 4 is 22.7 Å². The maximum atomic E-state index is 11.0. The number of nitrogens with one attached hydrogen (secondary N) is 2. The zero-order valence-corrected chi connectivity index (χ0v) is 20.4. The predicted octanol–water partition coefficient (Wildman–Crippen LogP) is 5.65. The van der Waals surface area contributed by atoms with Gasteiger partial charge in [0.1, 0.15) is 11.4 Å². The van der Waals surface area contributed by atoms with E-state index >= 15 is 0 Å². The zero-order valence-electron chi connectivity index (χ0n) is 19.0. The van der Waals surface area contributed by atoms with E-state index in [-0.39, 0.29) is 86.9 Å².